The summed E-state index contributed by atoms with van der Waals surface area (Å²) >= 11 is 5.95. The number of hydrogen-bond donors (Lipinski definition) is 2. The summed E-state index contributed by atoms with van der Waals surface area (Å²) in [4.78, 5) is 32.9. The van der Waals surface area contributed by atoms with Crippen LogP contribution in [0.4, 0.5) is 4.79 Å². The van der Waals surface area contributed by atoms with Crippen molar-refractivity contribution in [2.24, 2.45) is 22.9 Å². The monoisotopic (exact) mass is 800 g/mol. The molecule has 0 aromatic heterocycles. The number of carbonyl (C=O) groups excluding carboxylic acids is 2. The second kappa shape index (κ2) is 20.1. The Balaban J connectivity index is 1.55. The smallest absolute Gasteiger partial charge is 0.410 e. The van der Waals surface area contributed by atoms with Gasteiger partial charge in [0, 0.05) is 43.7 Å². The molecule has 2 aliphatic carbocycles. The molecule has 1 amide bonds. The van der Waals surface area contributed by atoms with Crippen LogP contribution in [0.25, 0.3) is 0 Å². The van der Waals surface area contributed by atoms with Gasteiger partial charge in [0.25, 0.3) is 0 Å². The molecule has 3 aromatic rings. The van der Waals surface area contributed by atoms with Gasteiger partial charge >= 0.3 is 6.09 Å². The predicted molar refractivity (Wildman–Crippen MR) is 218 cm³/mol. The van der Waals surface area contributed by atoms with Gasteiger partial charge < -0.3 is 38.9 Å². The zero-order chi connectivity index (χ0) is 40.2. The van der Waals surface area contributed by atoms with Crippen molar-refractivity contribution in [1.29, 1.82) is 0 Å². The van der Waals surface area contributed by atoms with Gasteiger partial charge in [-0.25, -0.2) is 4.79 Å². The maximum Gasteiger partial charge on any atom is 0.410 e. The molecule has 57 heavy (non-hydrogen) atoms. The van der Waals surface area contributed by atoms with Gasteiger partial charge in [0.05, 0.1) is 24.1 Å². The van der Waals surface area contributed by atoms with Crippen LogP contribution in [0.1, 0.15) is 72.3 Å². The molecule has 2 N–H and O–H groups in total. The molecule has 0 saturated heterocycles. The molecular formula is C45H53ClN2O9. The highest BCUT2D eigenvalue weighted by Gasteiger charge is 2.65. The van der Waals surface area contributed by atoms with Crippen LogP contribution in [0.3, 0.4) is 0 Å². The second-order valence-corrected chi connectivity index (χ2v) is 15.1. The number of unbranched alkanes of at least 4 members (excludes halogenated alkanes) is 2. The molecule has 11 nitrogen and oxygen atoms in total. The summed E-state index contributed by atoms with van der Waals surface area (Å²) in [7, 11) is 1.68. The van der Waals surface area contributed by atoms with Crippen LogP contribution in [0.5, 0.6) is 17.2 Å². The molecule has 1 aliphatic heterocycles. The number of allylic oxidation sites excluding steroid dienone is 1. The van der Waals surface area contributed by atoms with Crippen LogP contribution >= 0.6 is 11.6 Å². The molecule has 1 fully saturated rings. The first kappa shape index (κ1) is 41.9. The Morgan fingerprint density at radius 1 is 1.02 bits per heavy atom. The van der Waals surface area contributed by atoms with Gasteiger partial charge in [0.1, 0.15) is 42.8 Å². The standard InChI is InChI=1S/C45H53ClN2O9/c1-3-23-54-45-41(48(2)44(52)53-24-20-46)28-39(47-55-30-31-12-5-4-6-13-31)37-26-33(15-7-9-21-49)36(17-8-10-22-50)42(43(37)45)38-27-35(18-19-40(38)57-45)56-34-16-11-14-32(25-34)29-51/h3-6,11-14,16,18-19,25-27,29,33,36,41-43,49-50H,1,7-10,15,17,20-24,28,30H2,2H3. The minimum Gasteiger partial charge on any atom is -0.459 e. The average Bonchev–Trinajstić information content (AvgIpc) is 3.23. The SMILES string of the molecule is C=CCOC12Oc3ccc(Oc4cccc(C=O)c4)cc3C3C(CCCCO)C(CCCCO)C=C(C(=NOCc4ccccc4)CC1N(C)C(=O)OCCCl)C32. The zero-order valence-corrected chi connectivity index (χ0v) is 33.2. The highest BCUT2D eigenvalue weighted by atomic mass is 35.5. The molecule has 0 spiro atoms. The third-order valence-corrected chi connectivity index (χ3v) is 11.3. The van der Waals surface area contributed by atoms with Crippen LogP contribution in [0.2, 0.25) is 0 Å². The number of fused-ring (bicyclic) bond motifs is 2. The highest BCUT2D eigenvalue weighted by molar-refractivity contribution is 6.18. The Hall–Kier alpha value is -4.68. The summed E-state index contributed by atoms with van der Waals surface area (Å²) in [6.45, 7) is 4.55. The number of likely N-dealkylation sites (N-methyl/N-ethyl adjacent to an activating group) is 1. The van der Waals surface area contributed by atoms with Crippen molar-refractivity contribution < 1.29 is 43.6 Å². The lowest BCUT2D eigenvalue weighted by atomic mass is 9.55. The number of nitrogens with zero attached hydrogens (tertiary/aromatic N) is 2. The van der Waals surface area contributed by atoms with Crippen molar-refractivity contribution in [2.75, 3.05) is 39.4 Å². The Bertz CT molecular complexity index is 1890. The highest BCUT2D eigenvalue weighted by Crippen LogP contribution is 2.62. The van der Waals surface area contributed by atoms with Crippen molar-refractivity contribution >= 4 is 29.7 Å². The van der Waals surface area contributed by atoms with Gasteiger partial charge in [0.15, 0.2) is 0 Å². The van der Waals surface area contributed by atoms with E-state index in [-0.39, 0.29) is 63.1 Å². The fourth-order valence-electron chi connectivity index (χ4n) is 8.69. The van der Waals surface area contributed by atoms with Crippen LogP contribution in [-0.4, -0.2) is 84.4 Å². The van der Waals surface area contributed by atoms with Gasteiger partial charge in [-0.1, -0.05) is 72.6 Å². The van der Waals surface area contributed by atoms with Gasteiger partial charge in [-0.3, -0.25) is 4.79 Å². The molecule has 1 saturated carbocycles. The number of amides is 1. The van der Waals surface area contributed by atoms with Crippen molar-refractivity contribution in [3.05, 3.63) is 114 Å². The Morgan fingerprint density at radius 3 is 2.53 bits per heavy atom. The molecule has 304 valence electrons. The van der Waals surface area contributed by atoms with Crippen LogP contribution in [-0.2, 0) is 20.9 Å². The molecule has 0 radical (unpaired) electrons. The van der Waals surface area contributed by atoms with Crippen molar-refractivity contribution in [3.8, 4) is 17.2 Å². The predicted octanol–water partition coefficient (Wildman–Crippen LogP) is 8.43. The molecule has 6 rings (SSSR count). The third kappa shape index (κ3) is 9.55. The van der Waals surface area contributed by atoms with E-state index in [0.717, 1.165) is 48.7 Å². The van der Waals surface area contributed by atoms with Crippen molar-refractivity contribution in [1.82, 2.24) is 4.90 Å². The number of ether oxygens (including phenoxy) is 4. The summed E-state index contributed by atoms with van der Waals surface area (Å²) in [6, 6.07) is 21.8. The van der Waals surface area contributed by atoms with Crippen molar-refractivity contribution in [2.45, 2.75) is 69.3 Å². The normalized spacial score (nSPS) is 24.0. The number of halogens is 1. The van der Waals surface area contributed by atoms with E-state index in [1.165, 1.54) is 4.90 Å². The molecule has 6 unspecified atom stereocenters. The van der Waals surface area contributed by atoms with Gasteiger partial charge in [-0.15, -0.1) is 18.2 Å². The first-order valence-electron chi connectivity index (χ1n) is 19.8. The van der Waals surface area contributed by atoms with E-state index in [4.69, 9.17) is 40.5 Å². The molecular weight excluding hydrogens is 748 g/mol. The lowest BCUT2D eigenvalue weighted by Crippen LogP contribution is -2.69. The maximum absolute atomic E-state index is 13.7. The van der Waals surface area contributed by atoms with Gasteiger partial charge in [-0.2, -0.15) is 0 Å². The van der Waals surface area contributed by atoms with E-state index >= 15 is 0 Å². The summed E-state index contributed by atoms with van der Waals surface area (Å²) < 4.78 is 26.0. The minimum atomic E-state index is -1.42. The molecule has 0 bridgehead atoms. The van der Waals surface area contributed by atoms with Crippen LogP contribution in [0, 0.1) is 17.8 Å². The number of alkyl halides is 1. The zero-order valence-electron chi connectivity index (χ0n) is 32.5. The van der Waals surface area contributed by atoms with E-state index in [9.17, 15) is 19.8 Å². The van der Waals surface area contributed by atoms with E-state index in [2.05, 4.69) is 12.7 Å². The largest absolute Gasteiger partial charge is 0.459 e. The number of benzene rings is 3. The topological polar surface area (TPSA) is 136 Å². The maximum atomic E-state index is 13.7. The second-order valence-electron chi connectivity index (χ2n) is 14.7. The minimum absolute atomic E-state index is 0.0287. The number of rotatable bonds is 20. The van der Waals surface area contributed by atoms with Crippen molar-refractivity contribution in [3.63, 3.8) is 0 Å². The Morgan fingerprint density at radius 2 is 1.79 bits per heavy atom. The summed E-state index contributed by atoms with van der Waals surface area (Å²) in [5.74, 6) is -0.246. The third-order valence-electron chi connectivity index (χ3n) is 11.2. The summed E-state index contributed by atoms with van der Waals surface area (Å²) in [5.41, 5.74) is 3.96. The Labute approximate surface area is 339 Å². The van der Waals surface area contributed by atoms with E-state index < -0.39 is 23.8 Å². The molecule has 1 heterocycles. The summed E-state index contributed by atoms with van der Waals surface area (Å²) in [6.07, 6.45) is 8.90. The quantitative estimate of drug-likeness (QED) is 0.0380. The number of oxime groups is 1. The fraction of sp³-hybridized carbons (Fsp3) is 0.444. The van der Waals surface area contributed by atoms with Gasteiger partial charge in [-0.05, 0) is 79.0 Å². The molecule has 3 aromatic carbocycles. The average molecular weight is 801 g/mol. The first-order valence-corrected chi connectivity index (χ1v) is 20.3. The number of hydrogen-bond acceptors (Lipinski definition) is 10. The van der Waals surface area contributed by atoms with Crippen LogP contribution < -0.4 is 9.47 Å². The lowest BCUT2D eigenvalue weighted by molar-refractivity contribution is -0.253. The van der Waals surface area contributed by atoms with E-state index in [1.54, 1.807) is 37.4 Å². The fourth-order valence-corrected chi connectivity index (χ4v) is 8.77. The molecule has 12 heteroatoms. The van der Waals surface area contributed by atoms with Gasteiger partial charge in [0.2, 0.25) is 5.79 Å². The lowest BCUT2D eigenvalue weighted by Gasteiger charge is -2.59. The molecule has 6 atom stereocenters. The van der Waals surface area contributed by atoms with E-state index in [1.807, 2.05) is 48.5 Å². The molecule has 3 aliphatic rings. The number of aliphatic hydroxyl groups is 2. The summed E-state index contributed by atoms with van der Waals surface area (Å²) in [5, 5.41) is 24.5. The number of aldehydes is 1. The number of carbonyl (C=O) groups is 2. The van der Waals surface area contributed by atoms with Crippen LogP contribution in [0.15, 0.2) is 102 Å². The first-order chi connectivity index (χ1) is 27.9. The number of aliphatic hydroxyl groups excluding tert-OH is 2. The van der Waals surface area contributed by atoms with E-state index in [0.29, 0.717) is 41.4 Å². The Kier molecular flexibility index (Phi) is 14.8.